The number of benzene rings is 1. The van der Waals surface area contributed by atoms with E-state index in [1.165, 1.54) is 4.90 Å². The van der Waals surface area contributed by atoms with E-state index >= 15 is 0 Å². The number of amides is 1. The molecule has 9 heteroatoms. The molecule has 0 bridgehead atoms. The van der Waals surface area contributed by atoms with Crippen LogP contribution in [-0.4, -0.2) is 59.2 Å². The Hall–Kier alpha value is -2.88. The van der Waals surface area contributed by atoms with E-state index in [0.717, 1.165) is 0 Å². The van der Waals surface area contributed by atoms with Crippen molar-refractivity contribution in [2.45, 2.75) is 118 Å². The van der Waals surface area contributed by atoms with Crippen LogP contribution in [0.4, 0.5) is 10.5 Å². The minimum absolute atomic E-state index is 0.0231. The predicted molar refractivity (Wildman–Crippen MR) is 162 cm³/mol. The average molecular weight is 588 g/mol. The molecule has 0 spiro atoms. The van der Waals surface area contributed by atoms with Crippen LogP contribution in [0.2, 0.25) is 0 Å². The highest BCUT2D eigenvalue weighted by Crippen LogP contribution is 2.39. The largest absolute Gasteiger partial charge is 0.452 e. The number of hydrogen-bond acceptors (Lipinski definition) is 8. The lowest BCUT2D eigenvalue weighted by molar-refractivity contribution is -0.148. The summed E-state index contributed by atoms with van der Waals surface area (Å²) in [6.45, 7) is 20.6. The molecule has 0 radical (unpaired) electrons. The summed E-state index contributed by atoms with van der Waals surface area (Å²) in [5.74, 6) is -2.01. The van der Waals surface area contributed by atoms with Crippen molar-refractivity contribution < 1.29 is 38.4 Å². The SMILES string of the molecule is CCN(C(=O)OC(C)(C)C)c1cc(/C=C/C[C@@H]2OC(C)(C)O[C@@H]2C(C)/C=C\[C@@H](C)[C@H](C)O)c2c(c1)OC(C)(C)OC2=O. The van der Waals surface area contributed by atoms with Gasteiger partial charge in [-0.25, -0.2) is 9.59 Å². The molecule has 1 N–H and O–H groups in total. The van der Waals surface area contributed by atoms with Gasteiger partial charge >= 0.3 is 12.1 Å². The lowest BCUT2D eigenvalue weighted by Gasteiger charge is -2.33. The maximum Gasteiger partial charge on any atom is 0.414 e. The van der Waals surface area contributed by atoms with Crippen molar-refractivity contribution in [3.63, 3.8) is 0 Å². The molecule has 1 aromatic rings. The maximum absolute atomic E-state index is 13.1. The van der Waals surface area contributed by atoms with Crippen molar-refractivity contribution >= 4 is 23.8 Å². The summed E-state index contributed by atoms with van der Waals surface area (Å²) >= 11 is 0. The second-order valence-electron chi connectivity index (χ2n) is 13.1. The monoisotopic (exact) mass is 587 g/mol. The normalized spacial score (nSPS) is 23.7. The molecule has 2 heterocycles. The summed E-state index contributed by atoms with van der Waals surface area (Å²) in [6, 6.07) is 3.44. The van der Waals surface area contributed by atoms with Crippen LogP contribution in [0.5, 0.6) is 5.75 Å². The molecule has 2 aliphatic rings. The lowest BCUT2D eigenvalue weighted by atomic mass is 9.94. The molecular weight excluding hydrogens is 538 g/mol. The van der Waals surface area contributed by atoms with Crippen molar-refractivity contribution in [2.24, 2.45) is 11.8 Å². The molecule has 1 fully saturated rings. The molecule has 5 atom stereocenters. The second kappa shape index (κ2) is 12.8. The van der Waals surface area contributed by atoms with E-state index in [1.807, 2.05) is 66.7 Å². The Balaban J connectivity index is 1.94. The number of esters is 1. The van der Waals surface area contributed by atoms with Gasteiger partial charge < -0.3 is 28.8 Å². The highest BCUT2D eigenvalue weighted by molar-refractivity contribution is 6.00. The first-order chi connectivity index (χ1) is 19.3. The van der Waals surface area contributed by atoms with Crippen LogP contribution >= 0.6 is 0 Å². The molecule has 234 valence electrons. The first-order valence-electron chi connectivity index (χ1n) is 14.8. The number of carbonyl (C=O) groups is 2. The van der Waals surface area contributed by atoms with Crippen LogP contribution in [0.25, 0.3) is 6.08 Å². The Kier molecular flexibility index (Phi) is 10.2. The second-order valence-corrected chi connectivity index (χ2v) is 13.1. The van der Waals surface area contributed by atoms with Crippen LogP contribution in [0.15, 0.2) is 30.4 Å². The van der Waals surface area contributed by atoms with E-state index in [-0.39, 0.29) is 24.0 Å². The Morgan fingerprint density at radius 2 is 1.74 bits per heavy atom. The molecule has 2 aliphatic heterocycles. The third-order valence-corrected chi connectivity index (χ3v) is 7.14. The standard InChI is InChI=1S/C33H49NO8/c1-12-34(30(37)42-31(5,6)7)24-18-23(27-26(19-24)39-33(10,11)41-29(27)36)14-13-15-25-28(40-32(8,9)38-25)21(3)17-16-20(2)22(4)35/h13-14,16-22,25,28,35H,12,15H2,1-11H3/b14-13+,17-16-/t20-,21?,22+,25+,28-/m1/s1. The Morgan fingerprint density at radius 1 is 1.07 bits per heavy atom. The van der Waals surface area contributed by atoms with Gasteiger partial charge in [-0.2, -0.15) is 0 Å². The van der Waals surface area contributed by atoms with E-state index in [4.69, 9.17) is 23.7 Å². The molecule has 3 rings (SSSR count). The number of fused-ring (bicyclic) bond motifs is 1. The van der Waals surface area contributed by atoms with Gasteiger partial charge in [-0.1, -0.05) is 38.2 Å². The molecule has 0 aliphatic carbocycles. The molecule has 0 aromatic heterocycles. The lowest BCUT2D eigenvalue weighted by Crippen LogP contribution is -2.40. The first-order valence-corrected chi connectivity index (χ1v) is 14.8. The first kappa shape index (κ1) is 33.6. The zero-order chi connectivity index (χ0) is 31.6. The number of aliphatic hydroxyl groups is 1. The number of ether oxygens (including phenoxy) is 5. The van der Waals surface area contributed by atoms with Crippen molar-refractivity contribution in [2.75, 3.05) is 11.4 Å². The van der Waals surface area contributed by atoms with E-state index in [0.29, 0.717) is 35.5 Å². The number of aliphatic hydroxyl groups excluding tert-OH is 1. The molecule has 1 saturated heterocycles. The van der Waals surface area contributed by atoms with Gasteiger partial charge in [-0.05, 0) is 72.4 Å². The van der Waals surface area contributed by atoms with Crippen molar-refractivity contribution in [1.29, 1.82) is 0 Å². The number of hydrogen-bond donors (Lipinski definition) is 1. The predicted octanol–water partition coefficient (Wildman–Crippen LogP) is 6.87. The van der Waals surface area contributed by atoms with E-state index in [1.54, 1.807) is 32.9 Å². The highest BCUT2D eigenvalue weighted by atomic mass is 16.8. The minimum atomic E-state index is -1.16. The van der Waals surface area contributed by atoms with E-state index < -0.39 is 35.3 Å². The smallest absolute Gasteiger partial charge is 0.414 e. The van der Waals surface area contributed by atoms with Gasteiger partial charge in [0.25, 0.3) is 0 Å². The third kappa shape index (κ3) is 8.58. The fourth-order valence-electron chi connectivity index (χ4n) is 4.94. The minimum Gasteiger partial charge on any atom is -0.452 e. The fourth-order valence-corrected chi connectivity index (χ4v) is 4.94. The van der Waals surface area contributed by atoms with Gasteiger partial charge in [0.2, 0.25) is 5.79 Å². The van der Waals surface area contributed by atoms with Crippen LogP contribution in [0.1, 0.15) is 98.5 Å². The molecule has 9 nitrogen and oxygen atoms in total. The number of rotatable bonds is 9. The van der Waals surface area contributed by atoms with E-state index in [2.05, 4.69) is 13.0 Å². The number of nitrogens with zero attached hydrogens (tertiary/aromatic N) is 1. The Morgan fingerprint density at radius 3 is 2.33 bits per heavy atom. The zero-order valence-electron chi connectivity index (χ0n) is 27.0. The van der Waals surface area contributed by atoms with Crippen LogP contribution in [0, 0.1) is 11.8 Å². The van der Waals surface area contributed by atoms with E-state index in [9.17, 15) is 14.7 Å². The summed E-state index contributed by atoms with van der Waals surface area (Å²) in [6.07, 6.45) is 6.97. The van der Waals surface area contributed by atoms with Crippen molar-refractivity contribution in [3.8, 4) is 5.75 Å². The fraction of sp³-hybridized carbons (Fsp3) is 0.636. The summed E-state index contributed by atoms with van der Waals surface area (Å²) in [5, 5.41) is 9.85. The molecule has 1 aromatic carbocycles. The van der Waals surface area contributed by atoms with Gasteiger partial charge in [0.1, 0.15) is 16.9 Å². The van der Waals surface area contributed by atoms with Crippen LogP contribution in [0.3, 0.4) is 0 Å². The highest BCUT2D eigenvalue weighted by Gasteiger charge is 2.42. The maximum atomic E-state index is 13.1. The summed E-state index contributed by atoms with van der Waals surface area (Å²) in [5.41, 5.74) is 0.718. The van der Waals surface area contributed by atoms with Gasteiger partial charge in [0, 0.05) is 32.4 Å². The van der Waals surface area contributed by atoms with Crippen molar-refractivity contribution in [1.82, 2.24) is 0 Å². The van der Waals surface area contributed by atoms with Gasteiger partial charge in [-0.15, -0.1) is 0 Å². The van der Waals surface area contributed by atoms with Crippen molar-refractivity contribution in [3.05, 3.63) is 41.5 Å². The number of carbonyl (C=O) groups excluding carboxylic acids is 2. The average Bonchev–Trinajstić information content (AvgIpc) is 3.14. The quantitative estimate of drug-likeness (QED) is 0.247. The summed E-state index contributed by atoms with van der Waals surface area (Å²) in [7, 11) is 0. The van der Waals surface area contributed by atoms with Crippen LogP contribution < -0.4 is 9.64 Å². The van der Waals surface area contributed by atoms with Gasteiger partial charge in [0.05, 0.1) is 24.0 Å². The summed E-state index contributed by atoms with van der Waals surface area (Å²) in [4.78, 5) is 27.7. The molecule has 1 amide bonds. The molecule has 1 unspecified atom stereocenters. The number of anilines is 1. The Bertz CT molecular complexity index is 1190. The van der Waals surface area contributed by atoms with Crippen LogP contribution in [-0.2, 0) is 18.9 Å². The number of cyclic esters (lactones) is 1. The summed E-state index contributed by atoms with van der Waals surface area (Å²) < 4.78 is 29.7. The Labute approximate surface area is 250 Å². The van der Waals surface area contributed by atoms with Gasteiger partial charge in [0.15, 0.2) is 5.79 Å². The topological polar surface area (TPSA) is 104 Å². The molecular formula is C33H49NO8. The van der Waals surface area contributed by atoms with Gasteiger partial charge in [-0.3, -0.25) is 4.90 Å². The molecule has 42 heavy (non-hydrogen) atoms. The molecule has 0 saturated carbocycles. The zero-order valence-corrected chi connectivity index (χ0v) is 27.0. The third-order valence-electron chi connectivity index (χ3n) is 7.14.